The minimum atomic E-state index is -2.15. The van der Waals surface area contributed by atoms with Gasteiger partial charge in [0.2, 0.25) is 5.78 Å². The van der Waals surface area contributed by atoms with Crippen LogP contribution in [0.3, 0.4) is 0 Å². The van der Waals surface area contributed by atoms with Crippen molar-refractivity contribution in [2.45, 2.75) is 19.4 Å². The minimum Gasteiger partial charge on any atom is -0.483 e. The van der Waals surface area contributed by atoms with Gasteiger partial charge in [-0.2, -0.15) is 10.5 Å². The fraction of sp³-hybridized carbons (Fsp3) is 0.263. The number of ketones is 2. The van der Waals surface area contributed by atoms with Gasteiger partial charge in [-0.3, -0.25) is 9.59 Å². The van der Waals surface area contributed by atoms with Crippen LogP contribution in [0, 0.1) is 33.5 Å². The van der Waals surface area contributed by atoms with Crippen molar-refractivity contribution in [1.82, 2.24) is 0 Å². The lowest BCUT2D eigenvalue weighted by Crippen LogP contribution is -2.62. The first kappa shape index (κ1) is 19.6. The molecule has 5 nitrogen and oxygen atoms in total. The quantitative estimate of drug-likeness (QED) is 0.603. The summed E-state index contributed by atoms with van der Waals surface area (Å²) < 4.78 is 6.54. The van der Waals surface area contributed by atoms with E-state index in [1.54, 1.807) is 37.3 Å². The van der Waals surface area contributed by atoms with E-state index in [9.17, 15) is 20.1 Å². The van der Waals surface area contributed by atoms with Crippen LogP contribution in [0.15, 0.2) is 50.5 Å². The average Bonchev–Trinajstić information content (AvgIpc) is 2.66. The second-order valence-electron chi connectivity index (χ2n) is 6.38. The van der Waals surface area contributed by atoms with Crippen molar-refractivity contribution >= 4 is 50.7 Å². The van der Waals surface area contributed by atoms with Crippen molar-refractivity contribution in [1.29, 1.82) is 10.5 Å². The molecule has 0 heterocycles. The van der Waals surface area contributed by atoms with Crippen LogP contribution in [0.25, 0.3) is 0 Å². The molecule has 0 aromatic heterocycles. The van der Waals surface area contributed by atoms with Gasteiger partial charge >= 0.3 is 0 Å². The average molecular weight is 466 g/mol. The number of carbonyl (C=O) groups is 2. The lowest BCUT2D eigenvalue weighted by molar-refractivity contribution is -0.143. The van der Waals surface area contributed by atoms with Gasteiger partial charge in [0, 0.05) is 0 Å². The third-order valence-corrected chi connectivity index (χ3v) is 6.35. The van der Waals surface area contributed by atoms with Crippen LogP contribution < -0.4 is 4.74 Å². The Morgan fingerprint density at radius 3 is 2.37 bits per heavy atom. The first-order chi connectivity index (χ1) is 12.7. The standard InChI is InChI=1S/C19H11BrCl2N2O3/c1-10-6-13(27-12-5-3-2-4-11(12)20)19(9-24)17(26)15(22)14(21)16(25)18(19,7-10)8-23/h2-6,13H,7H2,1H3/t13-,18+,19+/m1/s1. The van der Waals surface area contributed by atoms with Crippen molar-refractivity contribution in [3.05, 3.63) is 50.5 Å². The molecular formula is C19H11BrCl2N2O3. The molecule has 1 aromatic carbocycles. The fourth-order valence-corrected chi connectivity index (χ4v) is 4.43. The number of nitriles is 2. The molecule has 0 N–H and O–H groups in total. The third-order valence-electron chi connectivity index (χ3n) is 4.87. The second-order valence-corrected chi connectivity index (χ2v) is 7.99. The van der Waals surface area contributed by atoms with Gasteiger partial charge in [-0.05, 0) is 47.5 Å². The van der Waals surface area contributed by atoms with E-state index >= 15 is 0 Å². The van der Waals surface area contributed by atoms with E-state index < -0.39 is 38.6 Å². The number of rotatable bonds is 2. The molecule has 2 aliphatic carbocycles. The largest absolute Gasteiger partial charge is 0.483 e. The van der Waals surface area contributed by atoms with Crippen LogP contribution >= 0.6 is 39.1 Å². The molecule has 3 atom stereocenters. The monoisotopic (exact) mass is 464 g/mol. The molecule has 1 aromatic rings. The zero-order chi connectivity index (χ0) is 20.0. The first-order valence-electron chi connectivity index (χ1n) is 7.81. The Morgan fingerprint density at radius 2 is 1.78 bits per heavy atom. The Labute approximate surface area is 173 Å². The van der Waals surface area contributed by atoms with Gasteiger partial charge in [-0.15, -0.1) is 0 Å². The Kier molecular flexibility index (Phi) is 4.94. The normalized spacial score (nSPS) is 30.1. The zero-order valence-corrected chi connectivity index (χ0v) is 17.0. The van der Waals surface area contributed by atoms with Crippen molar-refractivity contribution < 1.29 is 14.3 Å². The number of carbonyl (C=O) groups excluding carboxylic acids is 2. The van der Waals surface area contributed by atoms with E-state index in [4.69, 9.17) is 27.9 Å². The number of hydrogen-bond acceptors (Lipinski definition) is 5. The third kappa shape index (κ3) is 2.56. The summed E-state index contributed by atoms with van der Waals surface area (Å²) >= 11 is 15.3. The Morgan fingerprint density at radius 1 is 1.15 bits per heavy atom. The van der Waals surface area contributed by atoms with Crippen molar-refractivity contribution in [3.63, 3.8) is 0 Å². The number of halogens is 3. The highest BCUT2D eigenvalue weighted by Gasteiger charge is 2.71. The SMILES string of the molecule is CC1=C[C@@H](Oc2ccccc2Br)[C@@]2(C#N)C(=O)C(Cl)=C(Cl)C(=O)[C@@]2(C#N)C1. The van der Waals surface area contributed by atoms with Crippen LogP contribution in [-0.4, -0.2) is 17.7 Å². The Bertz CT molecular complexity index is 1020. The number of Topliss-reactive ketones (excluding diaryl/α,β-unsaturated/α-hetero) is 2. The molecule has 0 bridgehead atoms. The summed E-state index contributed by atoms with van der Waals surface area (Å²) in [5.74, 6) is -1.38. The molecule has 8 heteroatoms. The molecule has 136 valence electrons. The second kappa shape index (κ2) is 6.80. The molecule has 0 spiro atoms. The van der Waals surface area contributed by atoms with Crippen molar-refractivity contribution in [2.24, 2.45) is 10.8 Å². The van der Waals surface area contributed by atoms with E-state index in [0.29, 0.717) is 15.8 Å². The van der Waals surface area contributed by atoms with Crippen LogP contribution in [0.4, 0.5) is 0 Å². The molecule has 2 aliphatic rings. The molecule has 0 amide bonds. The predicted octanol–water partition coefficient (Wildman–Crippen LogP) is 4.41. The summed E-state index contributed by atoms with van der Waals surface area (Å²) in [5.41, 5.74) is -3.54. The molecule has 0 saturated carbocycles. The maximum absolute atomic E-state index is 13.1. The number of para-hydroxylation sites is 1. The van der Waals surface area contributed by atoms with Crippen LogP contribution in [0.1, 0.15) is 13.3 Å². The Balaban J connectivity index is 2.29. The summed E-state index contributed by atoms with van der Waals surface area (Å²) in [7, 11) is 0. The van der Waals surface area contributed by atoms with Crippen molar-refractivity contribution in [2.75, 3.05) is 0 Å². The van der Waals surface area contributed by atoms with Crippen LogP contribution in [0.2, 0.25) is 0 Å². The number of hydrogen-bond donors (Lipinski definition) is 0. The molecule has 0 radical (unpaired) electrons. The fourth-order valence-electron chi connectivity index (χ4n) is 3.57. The molecule has 0 aliphatic heterocycles. The van der Waals surface area contributed by atoms with E-state index in [0.717, 1.165) is 0 Å². The van der Waals surface area contributed by atoms with Gasteiger partial charge in [-0.25, -0.2) is 0 Å². The Hall–Kier alpha value is -2.12. The topological polar surface area (TPSA) is 90.9 Å². The maximum Gasteiger partial charge on any atom is 0.202 e. The highest BCUT2D eigenvalue weighted by Crippen LogP contribution is 2.57. The molecule has 27 heavy (non-hydrogen) atoms. The van der Waals surface area contributed by atoms with Gasteiger partial charge in [0.1, 0.15) is 21.9 Å². The lowest BCUT2D eigenvalue weighted by Gasteiger charge is -2.47. The van der Waals surface area contributed by atoms with Gasteiger partial charge in [0.25, 0.3) is 0 Å². The molecule has 0 unspecified atom stereocenters. The molecule has 3 rings (SSSR count). The molecule has 0 saturated heterocycles. The summed E-state index contributed by atoms with van der Waals surface area (Å²) in [6.07, 6.45) is 0.259. The highest BCUT2D eigenvalue weighted by molar-refractivity contribution is 9.10. The lowest BCUT2D eigenvalue weighted by atomic mass is 9.51. The zero-order valence-electron chi connectivity index (χ0n) is 13.9. The number of ether oxygens (including phenoxy) is 1. The minimum absolute atomic E-state index is 0.113. The molecular weight excluding hydrogens is 455 g/mol. The summed E-state index contributed by atoms with van der Waals surface area (Å²) in [4.78, 5) is 26.1. The van der Waals surface area contributed by atoms with Gasteiger partial charge in [0.05, 0.1) is 16.6 Å². The summed E-state index contributed by atoms with van der Waals surface area (Å²) in [6.45, 7) is 1.70. The summed E-state index contributed by atoms with van der Waals surface area (Å²) in [6, 6.07) is 10.6. The smallest absolute Gasteiger partial charge is 0.202 e. The predicted molar refractivity (Wildman–Crippen MR) is 102 cm³/mol. The van der Waals surface area contributed by atoms with Gasteiger partial charge < -0.3 is 4.74 Å². The number of allylic oxidation sites excluding steroid dienone is 3. The summed E-state index contributed by atoms with van der Waals surface area (Å²) in [5, 5.41) is 18.9. The van der Waals surface area contributed by atoms with E-state index in [1.165, 1.54) is 0 Å². The van der Waals surface area contributed by atoms with Gasteiger partial charge in [-0.1, -0.05) is 40.9 Å². The molecule has 0 fully saturated rings. The van der Waals surface area contributed by atoms with E-state index in [1.807, 2.05) is 12.1 Å². The number of nitrogens with zero attached hydrogens (tertiary/aromatic N) is 2. The number of benzene rings is 1. The van der Waals surface area contributed by atoms with E-state index in [2.05, 4.69) is 15.9 Å². The number of fused-ring (bicyclic) bond motifs is 1. The highest BCUT2D eigenvalue weighted by atomic mass is 79.9. The van der Waals surface area contributed by atoms with Crippen LogP contribution in [0.5, 0.6) is 5.75 Å². The van der Waals surface area contributed by atoms with Crippen molar-refractivity contribution in [3.8, 4) is 17.9 Å². The van der Waals surface area contributed by atoms with Gasteiger partial charge in [0.15, 0.2) is 16.6 Å². The first-order valence-corrected chi connectivity index (χ1v) is 9.36. The van der Waals surface area contributed by atoms with E-state index in [-0.39, 0.29) is 6.42 Å². The maximum atomic E-state index is 13.1. The van der Waals surface area contributed by atoms with Crippen LogP contribution in [-0.2, 0) is 9.59 Å².